The predicted molar refractivity (Wildman–Crippen MR) is 103 cm³/mol. The van der Waals surface area contributed by atoms with Crippen LogP contribution in [0.4, 0.5) is 0 Å². The number of aliphatic hydroxyl groups is 1. The number of ketones is 1. The van der Waals surface area contributed by atoms with Crippen molar-refractivity contribution < 1.29 is 14.6 Å². The van der Waals surface area contributed by atoms with Crippen LogP contribution in [-0.4, -0.2) is 29.2 Å². The molecule has 5 unspecified atom stereocenters. The molecule has 0 amide bonds. The van der Waals surface area contributed by atoms with Gasteiger partial charge in [-0.2, -0.15) is 0 Å². The normalized spacial score (nSPS) is 50.4. The van der Waals surface area contributed by atoms with Crippen LogP contribution in [0.5, 0.6) is 0 Å². The Labute approximate surface area is 158 Å². The first-order chi connectivity index (χ1) is 12.3. The van der Waals surface area contributed by atoms with Crippen molar-refractivity contribution in [3.8, 4) is 0 Å². The summed E-state index contributed by atoms with van der Waals surface area (Å²) in [5.41, 5.74) is 1.19. The van der Waals surface area contributed by atoms with Crippen LogP contribution in [0, 0.1) is 28.6 Å². The Bertz CT molecular complexity index is 625. The highest BCUT2D eigenvalue weighted by atomic mass is 16.5. The Morgan fingerprint density at radius 1 is 1.19 bits per heavy atom. The quantitative estimate of drug-likeness (QED) is 0.744. The van der Waals surface area contributed by atoms with Gasteiger partial charge in [0, 0.05) is 12.0 Å². The molecule has 3 heteroatoms. The van der Waals surface area contributed by atoms with Crippen LogP contribution < -0.4 is 0 Å². The standard InChI is InChI=1S/C23H36O3/c1-5-26-23(15(2)24)13-10-20-18-7-6-16-14-17(25)8-11-21(16,3)19(18)9-12-22(20,23)4/h6,17-20,25H,5,7-14H2,1-4H3/t17-,18?,19?,20?,21-,22?,23?/m0/s1. The van der Waals surface area contributed by atoms with Crippen molar-refractivity contribution in [2.45, 2.75) is 90.8 Å². The summed E-state index contributed by atoms with van der Waals surface area (Å²) in [4.78, 5) is 12.7. The summed E-state index contributed by atoms with van der Waals surface area (Å²) < 4.78 is 6.25. The Hall–Kier alpha value is -0.670. The highest BCUT2D eigenvalue weighted by Crippen LogP contribution is 2.68. The monoisotopic (exact) mass is 360 g/mol. The maximum atomic E-state index is 12.7. The number of hydrogen-bond donors (Lipinski definition) is 1. The van der Waals surface area contributed by atoms with Gasteiger partial charge < -0.3 is 9.84 Å². The molecule has 4 aliphatic rings. The van der Waals surface area contributed by atoms with E-state index in [2.05, 4.69) is 19.9 Å². The van der Waals surface area contributed by atoms with E-state index in [0.717, 1.165) is 44.9 Å². The van der Waals surface area contributed by atoms with Crippen LogP contribution >= 0.6 is 0 Å². The third kappa shape index (κ3) is 2.29. The van der Waals surface area contributed by atoms with Gasteiger partial charge in [0.1, 0.15) is 5.60 Å². The lowest BCUT2D eigenvalue weighted by Gasteiger charge is -2.59. The molecule has 146 valence electrons. The summed E-state index contributed by atoms with van der Waals surface area (Å²) in [7, 11) is 0. The van der Waals surface area contributed by atoms with Gasteiger partial charge in [-0.1, -0.05) is 25.5 Å². The highest BCUT2D eigenvalue weighted by Gasteiger charge is 2.66. The first-order valence-corrected chi connectivity index (χ1v) is 10.8. The number of allylic oxidation sites excluding steroid dienone is 1. The topological polar surface area (TPSA) is 46.5 Å². The minimum Gasteiger partial charge on any atom is -0.393 e. The largest absolute Gasteiger partial charge is 0.393 e. The number of carbonyl (C=O) groups is 1. The molecule has 4 aliphatic carbocycles. The fourth-order valence-corrected chi connectivity index (χ4v) is 7.80. The minimum absolute atomic E-state index is 0.0219. The van der Waals surface area contributed by atoms with Crippen LogP contribution in [0.3, 0.4) is 0 Å². The van der Waals surface area contributed by atoms with Crippen LogP contribution in [0.1, 0.15) is 79.1 Å². The summed E-state index contributed by atoms with van der Waals surface area (Å²) in [5.74, 6) is 2.19. The van der Waals surface area contributed by atoms with E-state index in [1.54, 1.807) is 6.92 Å². The Morgan fingerprint density at radius 2 is 1.92 bits per heavy atom. The van der Waals surface area contributed by atoms with Crippen molar-refractivity contribution in [3.05, 3.63) is 11.6 Å². The molecule has 0 heterocycles. The van der Waals surface area contributed by atoms with Crippen molar-refractivity contribution in [1.29, 1.82) is 0 Å². The fourth-order valence-electron chi connectivity index (χ4n) is 7.80. The summed E-state index contributed by atoms with van der Waals surface area (Å²) in [5, 5.41) is 10.1. The molecule has 0 radical (unpaired) electrons. The van der Waals surface area contributed by atoms with Crippen molar-refractivity contribution in [2.24, 2.45) is 28.6 Å². The lowest BCUT2D eigenvalue weighted by molar-refractivity contribution is -0.173. The molecule has 7 atom stereocenters. The second kappa shape index (κ2) is 6.17. The molecule has 26 heavy (non-hydrogen) atoms. The molecule has 3 nitrogen and oxygen atoms in total. The Morgan fingerprint density at radius 3 is 2.62 bits per heavy atom. The highest BCUT2D eigenvalue weighted by molar-refractivity contribution is 5.86. The molecule has 4 rings (SSSR count). The summed E-state index contributed by atoms with van der Waals surface area (Å²) in [6.07, 6.45) is 10.7. The zero-order valence-corrected chi connectivity index (χ0v) is 17.0. The van der Waals surface area contributed by atoms with E-state index in [9.17, 15) is 9.90 Å². The molecular weight excluding hydrogens is 324 g/mol. The molecule has 0 aromatic carbocycles. The number of ether oxygens (including phenoxy) is 1. The maximum Gasteiger partial charge on any atom is 0.162 e. The van der Waals surface area contributed by atoms with E-state index < -0.39 is 5.60 Å². The minimum atomic E-state index is -0.564. The molecule has 0 spiro atoms. The maximum absolute atomic E-state index is 12.7. The molecule has 0 aromatic rings. The van der Waals surface area contributed by atoms with Gasteiger partial charge in [0.2, 0.25) is 0 Å². The molecule has 0 saturated heterocycles. The number of hydrogen-bond acceptors (Lipinski definition) is 3. The van der Waals surface area contributed by atoms with Crippen LogP contribution in [0.15, 0.2) is 11.6 Å². The van der Waals surface area contributed by atoms with E-state index in [1.807, 2.05) is 6.92 Å². The van der Waals surface area contributed by atoms with Crippen LogP contribution in [-0.2, 0) is 9.53 Å². The van der Waals surface area contributed by atoms with Crippen molar-refractivity contribution >= 4 is 5.78 Å². The SMILES string of the molecule is CCOC1(C(C)=O)CCC2C3CC=C4C[C@@H](O)CC[C@]4(C)C3CCC21C. The zero-order chi connectivity index (χ0) is 18.7. The average molecular weight is 361 g/mol. The smallest absolute Gasteiger partial charge is 0.162 e. The van der Waals surface area contributed by atoms with Crippen molar-refractivity contribution in [2.75, 3.05) is 6.61 Å². The molecule has 0 bridgehead atoms. The Balaban J connectivity index is 1.69. The van der Waals surface area contributed by atoms with Gasteiger partial charge in [-0.05, 0) is 88.4 Å². The zero-order valence-electron chi connectivity index (χ0n) is 17.0. The van der Waals surface area contributed by atoms with E-state index in [-0.39, 0.29) is 22.7 Å². The lowest BCUT2D eigenvalue weighted by Crippen LogP contribution is -2.58. The van der Waals surface area contributed by atoms with E-state index in [0.29, 0.717) is 24.4 Å². The first-order valence-electron chi connectivity index (χ1n) is 10.8. The third-order valence-corrected chi connectivity index (χ3v) is 9.16. The predicted octanol–water partition coefficient (Wildman–Crippen LogP) is 4.67. The fraction of sp³-hybridized carbons (Fsp3) is 0.870. The number of Topliss-reactive ketones (excluding diaryl/α,β-unsaturated/α-hetero) is 1. The molecule has 1 N–H and O–H groups in total. The van der Waals surface area contributed by atoms with E-state index in [4.69, 9.17) is 4.74 Å². The average Bonchev–Trinajstić information content (AvgIpc) is 2.90. The van der Waals surface area contributed by atoms with Gasteiger partial charge in [0.25, 0.3) is 0 Å². The number of fused-ring (bicyclic) bond motifs is 5. The van der Waals surface area contributed by atoms with Gasteiger partial charge >= 0.3 is 0 Å². The molecule has 3 saturated carbocycles. The first kappa shape index (κ1) is 18.7. The number of rotatable bonds is 3. The van der Waals surface area contributed by atoms with Gasteiger partial charge in [0.05, 0.1) is 6.10 Å². The van der Waals surface area contributed by atoms with E-state index >= 15 is 0 Å². The molecule has 3 fully saturated rings. The third-order valence-electron chi connectivity index (χ3n) is 9.16. The van der Waals surface area contributed by atoms with E-state index in [1.165, 1.54) is 12.0 Å². The lowest BCUT2D eigenvalue weighted by atomic mass is 9.46. The summed E-state index contributed by atoms with van der Waals surface area (Å²) in [6, 6.07) is 0. The van der Waals surface area contributed by atoms with Gasteiger partial charge in [-0.15, -0.1) is 0 Å². The summed E-state index contributed by atoms with van der Waals surface area (Å²) >= 11 is 0. The molecular formula is C23H36O3. The second-order valence-electron chi connectivity index (χ2n) is 9.97. The van der Waals surface area contributed by atoms with Crippen molar-refractivity contribution in [1.82, 2.24) is 0 Å². The molecule has 0 aromatic heterocycles. The van der Waals surface area contributed by atoms with Crippen LogP contribution in [0.25, 0.3) is 0 Å². The van der Waals surface area contributed by atoms with Gasteiger partial charge in [0.15, 0.2) is 5.78 Å². The second-order valence-corrected chi connectivity index (χ2v) is 9.97. The van der Waals surface area contributed by atoms with Gasteiger partial charge in [-0.3, -0.25) is 4.79 Å². The number of carbonyl (C=O) groups excluding carboxylic acids is 1. The molecule has 0 aliphatic heterocycles. The summed E-state index contributed by atoms with van der Waals surface area (Å²) in [6.45, 7) is 9.20. The Kier molecular flexibility index (Phi) is 4.43. The van der Waals surface area contributed by atoms with Crippen molar-refractivity contribution in [3.63, 3.8) is 0 Å². The van der Waals surface area contributed by atoms with Gasteiger partial charge in [-0.25, -0.2) is 0 Å². The number of aliphatic hydroxyl groups excluding tert-OH is 1. The van der Waals surface area contributed by atoms with Crippen LogP contribution in [0.2, 0.25) is 0 Å².